The smallest absolute Gasteiger partial charge is 0.315 e. The molecule has 1 rings (SSSR count). The molecule has 1 saturated carbocycles. The summed E-state index contributed by atoms with van der Waals surface area (Å²) in [5.74, 6) is 0.389. The molecule has 1 fully saturated rings. The quantitative estimate of drug-likeness (QED) is 0.726. The fourth-order valence-corrected chi connectivity index (χ4v) is 2.87. The lowest BCUT2D eigenvalue weighted by molar-refractivity contribution is -0.137. The molecule has 0 aromatic carbocycles. The van der Waals surface area contributed by atoms with Gasteiger partial charge in [0, 0.05) is 18.0 Å². The van der Waals surface area contributed by atoms with Crippen molar-refractivity contribution >= 4 is 12.0 Å². The number of carboxylic acid groups (broad SMARTS) is 1. The van der Waals surface area contributed by atoms with E-state index in [4.69, 9.17) is 5.11 Å². The van der Waals surface area contributed by atoms with Crippen molar-refractivity contribution in [2.24, 2.45) is 11.8 Å². The summed E-state index contributed by atoms with van der Waals surface area (Å²) in [5.41, 5.74) is -0.506. The molecule has 2 amide bonds. The lowest BCUT2D eigenvalue weighted by atomic mass is 9.80. The maximum Gasteiger partial charge on any atom is 0.315 e. The zero-order valence-electron chi connectivity index (χ0n) is 13.0. The van der Waals surface area contributed by atoms with Crippen molar-refractivity contribution < 1.29 is 14.7 Å². The van der Waals surface area contributed by atoms with E-state index < -0.39 is 11.5 Å². The summed E-state index contributed by atoms with van der Waals surface area (Å²) in [6.07, 6.45) is 3.80. The van der Waals surface area contributed by atoms with Crippen molar-refractivity contribution in [3.05, 3.63) is 0 Å². The second kappa shape index (κ2) is 6.95. The Morgan fingerprint density at radius 3 is 2.45 bits per heavy atom. The van der Waals surface area contributed by atoms with E-state index in [9.17, 15) is 9.59 Å². The van der Waals surface area contributed by atoms with Crippen LogP contribution in [0.5, 0.6) is 0 Å². The Morgan fingerprint density at radius 2 is 1.90 bits per heavy atom. The van der Waals surface area contributed by atoms with Crippen LogP contribution in [0.4, 0.5) is 4.79 Å². The molecule has 0 aliphatic heterocycles. The lowest BCUT2D eigenvalue weighted by Crippen LogP contribution is -2.53. The predicted octanol–water partition coefficient (Wildman–Crippen LogP) is 2.75. The molecule has 5 heteroatoms. The van der Waals surface area contributed by atoms with Gasteiger partial charge in [-0.3, -0.25) is 4.79 Å². The van der Waals surface area contributed by atoms with E-state index in [0.717, 1.165) is 25.2 Å². The van der Waals surface area contributed by atoms with Gasteiger partial charge in [-0.2, -0.15) is 0 Å². The van der Waals surface area contributed by atoms with Gasteiger partial charge in [0.1, 0.15) is 0 Å². The molecule has 0 radical (unpaired) electrons. The van der Waals surface area contributed by atoms with Gasteiger partial charge in [-0.15, -0.1) is 0 Å². The summed E-state index contributed by atoms with van der Waals surface area (Å²) in [5, 5.41) is 14.6. The Morgan fingerprint density at radius 1 is 1.25 bits per heavy atom. The number of carbonyl (C=O) groups excluding carboxylic acids is 1. The molecule has 20 heavy (non-hydrogen) atoms. The van der Waals surface area contributed by atoms with Crippen LogP contribution in [0.2, 0.25) is 0 Å². The van der Waals surface area contributed by atoms with Crippen LogP contribution < -0.4 is 10.6 Å². The number of hydrogen-bond acceptors (Lipinski definition) is 2. The molecule has 0 aromatic heterocycles. The molecule has 0 heterocycles. The van der Waals surface area contributed by atoms with Crippen molar-refractivity contribution in [1.29, 1.82) is 0 Å². The third kappa shape index (κ3) is 5.80. The first-order chi connectivity index (χ1) is 9.19. The molecule has 3 unspecified atom stereocenters. The number of amides is 2. The second-order valence-electron chi connectivity index (χ2n) is 6.88. The van der Waals surface area contributed by atoms with Crippen molar-refractivity contribution in [1.82, 2.24) is 10.6 Å². The normalized spacial score (nSPS) is 26.9. The molecule has 116 valence electrons. The topological polar surface area (TPSA) is 78.4 Å². The van der Waals surface area contributed by atoms with E-state index in [1.54, 1.807) is 0 Å². The van der Waals surface area contributed by atoms with Crippen molar-refractivity contribution in [3.63, 3.8) is 0 Å². The molecular weight excluding hydrogens is 256 g/mol. The Labute approximate surface area is 121 Å². The molecule has 1 aliphatic carbocycles. The minimum absolute atomic E-state index is 0.0601. The van der Waals surface area contributed by atoms with E-state index >= 15 is 0 Å². The molecule has 3 atom stereocenters. The van der Waals surface area contributed by atoms with Gasteiger partial charge in [-0.25, -0.2) is 4.79 Å². The van der Waals surface area contributed by atoms with Crippen LogP contribution in [-0.2, 0) is 4.79 Å². The number of hydrogen-bond donors (Lipinski definition) is 3. The zero-order valence-corrected chi connectivity index (χ0v) is 13.0. The number of rotatable bonds is 5. The number of carbonyl (C=O) groups is 2. The Kier molecular flexibility index (Phi) is 5.84. The molecule has 3 N–H and O–H groups in total. The highest BCUT2D eigenvalue weighted by molar-refractivity contribution is 5.75. The monoisotopic (exact) mass is 284 g/mol. The van der Waals surface area contributed by atoms with Crippen molar-refractivity contribution in [3.8, 4) is 0 Å². The fourth-order valence-electron chi connectivity index (χ4n) is 2.87. The molecular formula is C15H28N2O3. The average Bonchev–Trinajstić information content (AvgIpc) is 2.30. The summed E-state index contributed by atoms with van der Waals surface area (Å²) in [6, 6.07) is 0.0354. The molecule has 5 nitrogen and oxygen atoms in total. The van der Waals surface area contributed by atoms with Crippen LogP contribution >= 0.6 is 0 Å². The van der Waals surface area contributed by atoms with Gasteiger partial charge in [-0.05, 0) is 51.4 Å². The van der Waals surface area contributed by atoms with Crippen LogP contribution in [0, 0.1) is 11.8 Å². The highest BCUT2D eigenvalue weighted by atomic mass is 16.4. The van der Waals surface area contributed by atoms with Crippen LogP contribution in [-0.4, -0.2) is 28.7 Å². The highest BCUT2D eigenvalue weighted by Gasteiger charge is 2.28. The Balaban J connectivity index is 2.40. The Bertz CT molecular complexity index is 355. The first-order valence-electron chi connectivity index (χ1n) is 7.50. The van der Waals surface area contributed by atoms with Crippen molar-refractivity contribution in [2.45, 2.75) is 71.4 Å². The maximum absolute atomic E-state index is 12.0. The number of carboxylic acids is 1. The lowest BCUT2D eigenvalue weighted by Gasteiger charge is -2.34. The van der Waals surface area contributed by atoms with Crippen molar-refractivity contribution in [2.75, 3.05) is 0 Å². The van der Waals surface area contributed by atoms with Gasteiger partial charge >= 0.3 is 12.0 Å². The number of nitrogens with one attached hydrogen (secondary N) is 2. The maximum atomic E-state index is 12.0. The molecule has 0 spiro atoms. The van der Waals surface area contributed by atoms with Gasteiger partial charge in [0.2, 0.25) is 0 Å². The van der Waals surface area contributed by atoms with Gasteiger partial charge in [-0.1, -0.05) is 13.8 Å². The summed E-state index contributed by atoms with van der Waals surface area (Å²) >= 11 is 0. The summed E-state index contributed by atoms with van der Waals surface area (Å²) in [6.45, 7) is 8.13. The van der Waals surface area contributed by atoms with Crippen LogP contribution in [0.3, 0.4) is 0 Å². The Hall–Kier alpha value is -1.26. The van der Waals surface area contributed by atoms with Gasteiger partial charge in [0.25, 0.3) is 0 Å². The summed E-state index contributed by atoms with van der Waals surface area (Å²) in [7, 11) is 0. The zero-order chi connectivity index (χ0) is 15.3. The number of aliphatic carboxylic acids is 1. The summed E-state index contributed by atoms with van der Waals surface area (Å²) < 4.78 is 0. The third-order valence-electron chi connectivity index (χ3n) is 4.16. The van der Waals surface area contributed by atoms with Crippen LogP contribution in [0.15, 0.2) is 0 Å². The minimum atomic E-state index is -0.838. The predicted molar refractivity (Wildman–Crippen MR) is 78.6 cm³/mol. The van der Waals surface area contributed by atoms with Crippen LogP contribution in [0.25, 0.3) is 0 Å². The molecule has 0 aromatic rings. The van der Waals surface area contributed by atoms with E-state index in [-0.39, 0.29) is 18.5 Å². The van der Waals surface area contributed by atoms with Gasteiger partial charge < -0.3 is 15.7 Å². The minimum Gasteiger partial charge on any atom is -0.481 e. The molecule has 0 bridgehead atoms. The van der Waals surface area contributed by atoms with E-state index in [1.807, 2.05) is 13.8 Å². The standard InChI is InChI=1S/C15H28N2O3/c1-10-5-6-12(11(2)9-10)16-14(20)17-15(3,4)8-7-13(18)19/h10-12H,5-9H2,1-4H3,(H,18,19)(H2,16,17,20). The van der Waals surface area contributed by atoms with Crippen LogP contribution in [0.1, 0.15) is 59.8 Å². The molecule has 1 aliphatic rings. The second-order valence-corrected chi connectivity index (χ2v) is 6.88. The first-order valence-corrected chi connectivity index (χ1v) is 7.50. The van der Waals surface area contributed by atoms with E-state index in [2.05, 4.69) is 24.5 Å². The van der Waals surface area contributed by atoms with Gasteiger partial charge in [0.05, 0.1) is 0 Å². The fraction of sp³-hybridized carbons (Fsp3) is 0.867. The summed E-state index contributed by atoms with van der Waals surface area (Å²) in [4.78, 5) is 22.6. The SMILES string of the molecule is CC1CCC(NC(=O)NC(C)(C)CCC(=O)O)C(C)C1. The highest BCUT2D eigenvalue weighted by Crippen LogP contribution is 2.28. The first kappa shape index (κ1) is 16.8. The van der Waals surface area contributed by atoms with E-state index in [1.165, 1.54) is 0 Å². The number of urea groups is 1. The average molecular weight is 284 g/mol. The molecule has 0 saturated heterocycles. The third-order valence-corrected chi connectivity index (χ3v) is 4.16. The largest absolute Gasteiger partial charge is 0.481 e. The van der Waals surface area contributed by atoms with Gasteiger partial charge in [0.15, 0.2) is 0 Å². The van der Waals surface area contributed by atoms with E-state index in [0.29, 0.717) is 12.3 Å².